The first-order valence-corrected chi connectivity index (χ1v) is 9.76. The molecule has 1 saturated heterocycles. The maximum atomic E-state index is 6.19. The van der Waals surface area contributed by atoms with E-state index >= 15 is 0 Å². The van der Waals surface area contributed by atoms with Crippen LogP contribution in [0.1, 0.15) is 59.3 Å². The SMILES string of the molecule is CCNC(CSCC(C)C)C1CCOC2(CCCC2)C1. The Bertz CT molecular complexity index is 276. The second kappa shape index (κ2) is 8.05. The molecule has 0 bridgehead atoms. The highest BCUT2D eigenvalue weighted by Crippen LogP contribution is 2.43. The van der Waals surface area contributed by atoms with Crippen LogP contribution in [0.3, 0.4) is 0 Å². The van der Waals surface area contributed by atoms with Crippen molar-refractivity contribution in [1.29, 1.82) is 0 Å². The zero-order valence-electron chi connectivity index (χ0n) is 13.6. The van der Waals surface area contributed by atoms with Crippen LogP contribution in [-0.4, -0.2) is 36.3 Å². The molecule has 20 heavy (non-hydrogen) atoms. The highest BCUT2D eigenvalue weighted by molar-refractivity contribution is 7.99. The second-order valence-electron chi connectivity index (χ2n) is 7.09. The molecule has 0 amide bonds. The predicted octanol–water partition coefficient (Wildman–Crippen LogP) is 4.09. The third kappa shape index (κ3) is 4.64. The van der Waals surface area contributed by atoms with Crippen molar-refractivity contribution in [2.24, 2.45) is 11.8 Å². The highest BCUT2D eigenvalue weighted by atomic mass is 32.2. The van der Waals surface area contributed by atoms with Crippen molar-refractivity contribution in [3.05, 3.63) is 0 Å². The molecule has 0 aromatic heterocycles. The maximum Gasteiger partial charge on any atom is 0.0685 e. The van der Waals surface area contributed by atoms with E-state index in [1.54, 1.807) is 0 Å². The van der Waals surface area contributed by atoms with Gasteiger partial charge in [-0.2, -0.15) is 11.8 Å². The number of thioether (sulfide) groups is 1. The van der Waals surface area contributed by atoms with E-state index in [1.165, 1.54) is 50.0 Å². The predicted molar refractivity (Wildman–Crippen MR) is 89.5 cm³/mol. The normalized spacial score (nSPS) is 27.3. The largest absolute Gasteiger partial charge is 0.375 e. The van der Waals surface area contributed by atoms with Crippen molar-refractivity contribution < 1.29 is 4.74 Å². The van der Waals surface area contributed by atoms with E-state index in [4.69, 9.17) is 4.74 Å². The molecule has 2 fully saturated rings. The number of hydrogen-bond donors (Lipinski definition) is 1. The molecule has 118 valence electrons. The van der Waals surface area contributed by atoms with Gasteiger partial charge in [0, 0.05) is 18.4 Å². The van der Waals surface area contributed by atoms with Crippen LogP contribution in [-0.2, 0) is 4.74 Å². The molecule has 2 rings (SSSR count). The lowest BCUT2D eigenvalue weighted by Gasteiger charge is -2.41. The molecular weight excluding hydrogens is 266 g/mol. The Balaban J connectivity index is 1.86. The summed E-state index contributed by atoms with van der Waals surface area (Å²) in [6.45, 7) is 8.96. The van der Waals surface area contributed by atoms with Crippen molar-refractivity contribution in [1.82, 2.24) is 5.32 Å². The van der Waals surface area contributed by atoms with Gasteiger partial charge in [-0.05, 0) is 49.8 Å². The third-order valence-corrected chi connectivity index (χ3v) is 6.33. The van der Waals surface area contributed by atoms with Gasteiger partial charge >= 0.3 is 0 Å². The molecule has 0 aromatic rings. The summed E-state index contributed by atoms with van der Waals surface area (Å²) in [6, 6.07) is 0.685. The fourth-order valence-corrected chi connectivity index (χ4v) is 5.08. The van der Waals surface area contributed by atoms with Crippen molar-refractivity contribution in [2.75, 3.05) is 24.7 Å². The van der Waals surface area contributed by atoms with Crippen molar-refractivity contribution in [3.8, 4) is 0 Å². The average Bonchev–Trinajstić information content (AvgIpc) is 2.85. The Labute approximate surface area is 129 Å². The molecule has 1 heterocycles. The molecule has 0 radical (unpaired) electrons. The summed E-state index contributed by atoms with van der Waals surface area (Å²) in [4.78, 5) is 0. The zero-order valence-corrected chi connectivity index (χ0v) is 14.4. The summed E-state index contributed by atoms with van der Waals surface area (Å²) < 4.78 is 6.19. The van der Waals surface area contributed by atoms with Crippen LogP contribution in [0.25, 0.3) is 0 Å². The number of nitrogens with one attached hydrogen (secondary N) is 1. The molecule has 2 atom stereocenters. The van der Waals surface area contributed by atoms with E-state index in [0.717, 1.165) is 25.0 Å². The van der Waals surface area contributed by atoms with Gasteiger partial charge in [0.05, 0.1) is 5.60 Å². The van der Waals surface area contributed by atoms with Crippen LogP contribution in [0.5, 0.6) is 0 Å². The number of rotatable bonds is 7. The minimum absolute atomic E-state index is 0.263. The molecule has 0 aromatic carbocycles. The van der Waals surface area contributed by atoms with Crippen LogP contribution >= 0.6 is 11.8 Å². The first kappa shape index (κ1) is 16.6. The van der Waals surface area contributed by atoms with Gasteiger partial charge in [0.2, 0.25) is 0 Å². The summed E-state index contributed by atoms with van der Waals surface area (Å²) in [5, 5.41) is 3.76. The van der Waals surface area contributed by atoms with Gasteiger partial charge in [-0.25, -0.2) is 0 Å². The lowest BCUT2D eigenvalue weighted by molar-refractivity contribution is -0.0966. The minimum atomic E-state index is 0.263. The second-order valence-corrected chi connectivity index (χ2v) is 8.16. The molecule has 1 spiro atoms. The van der Waals surface area contributed by atoms with Crippen molar-refractivity contribution in [3.63, 3.8) is 0 Å². The van der Waals surface area contributed by atoms with Crippen LogP contribution < -0.4 is 5.32 Å². The van der Waals surface area contributed by atoms with Crippen LogP contribution in [0.2, 0.25) is 0 Å². The average molecular weight is 300 g/mol. The van der Waals surface area contributed by atoms with Crippen LogP contribution in [0, 0.1) is 11.8 Å². The number of hydrogen-bond acceptors (Lipinski definition) is 3. The van der Waals surface area contributed by atoms with Crippen molar-refractivity contribution >= 4 is 11.8 Å². The summed E-state index contributed by atoms with van der Waals surface area (Å²) >= 11 is 2.13. The Morgan fingerprint density at radius 3 is 2.65 bits per heavy atom. The third-order valence-electron chi connectivity index (χ3n) is 4.83. The van der Waals surface area contributed by atoms with Gasteiger partial charge < -0.3 is 10.1 Å². The van der Waals surface area contributed by atoms with E-state index in [-0.39, 0.29) is 5.60 Å². The Kier molecular flexibility index (Phi) is 6.70. The smallest absolute Gasteiger partial charge is 0.0685 e. The monoisotopic (exact) mass is 299 g/mol. The topological polar surface area (TPSA) is 21.3 Å². The fraction of sp³-hybridized carbons (Fsp3) is 1.00. The molecule has 1 saturated carbocycles. The highest BCUT2D eigenvalue weighted by Gasteiger charge is 2.41. The first-order valence-electron chi connectivity index (χ1n) is 8.60. The molecule has 2 unspecified atom stereocenters. The van der Waals surface area contributed by atoms with Gasteiger partial charge in [0.25, 0.3) is 0 Å². The zero-order chi connectivity index (χ0) is 14.4. The van der Waals surface area contributed by atoms with Crippen LogP contribution in [0.4, 0.5) is 0 Å². The van der Waals surface area contributed by atoms with Gasteiger partial charge in [0.1, 0.15) is 0 Å². The minimum Gasteiger partial charge on any atom is -0.375 e. The van der Waals surface area contributed by atoms with E-state index in [1.807, 2.05) is 0 Å². The number of ether oxygens (including phenoxy) is 1. The van der Waals surface area contributed by atoms with Gasteiger partial charge in [-0.3, -0.25) is 0 Å². The quantitative estimate of drug-likeness (QED) is 0.765. The molecule has 1 aliphatic carbocycles. The lowest BCUT2D eigenvalue weighted by atomic mass is 9.81. The van der Waals surface area contributed by atoms with E-state index in [9.17, 15) is 0 Å². The molecule has 3 heteroatoms. The van der Waals surface area contributed by atoms with Crippen molar-refractivity contribution in [2.45, 2.75) is 70.9 Å². The first-order chi connectivity index (χ1) is 9.65. The summed E-state index contributed by atoms with van der Waals surface area (Å²) in [6.07, 6.45) is 7.92. The Morgan fingerprint density at radius 2 is 2.00 bits per heavy atom. The Morgan fingerprint density at radius 1 is 1.25 bits per heavy atom. The van der Waals surface area contributed by atoms with E-state index in [0.29, 0.717) is 6.04 Å². The molecule has 2 nitrogen and oxygen atoms in total. The summed E-state index contributed by atoms with van der Waals surface area (Å²) in [5.74, 6) is 4.18. The van der Waals surface area contributed by atoms with Crippen LogP contribution in [0.15, 0.2) is 0 Å². The van der Waals surface area contributed by atoms with Gasteiger partial charge in [0.15, 0.2) is 0 Å². The fourth-order valence-electron chi connectivity index (χ4n) is 3.83. The lowest BCUT2D eigenvalue weighted by Crippen LogP contribution is -2.47. The van der Waals surface area contributed by atoms with Gasteiger partial charge in [-0.15, -0.1) is 0 Å². The molecule has 1 aliphatic heterocycles. The Hall–Kier alpha value is 0.270. The molecule has 1 N–H and O–H groups in total. The maximum absolute atomic E-state index is 6.19. The summed E-state index contributed by atoms with van der Waals surface area (Å²) in [5.41, 5.74) is 0.263. The van der Waals surface area contributed by atoms with E-state index in [2.05, 4.69) is 37.8 Å². The van der Waals surface area contributed by atoms with Gasteiger partial charge in [-0.1, -0.05) is 33.6 Å². The standard InChI is InChI=1S/C17H33NOS/c1-4-18-16(13-20-12-14(2)3)15-7-10-19-17(11-15)8-5-6-9-17/h14-16,18H,4-13H2,1-3H3. The molecular formula is C17H33NOS. The van der Waals surface area contributed by atoms with E-state index < -0.39 is 0 Å². The molecule has 2 aliphatic rings. The summed E-state index contributed by atoms with van der Waals surface area (Å²) in [7, 11) is 0.